The number of halogens is 3. The van der Waals surface area contributed by atoms with Gasteiger partial charge in [0.15, 0.2) is 0 Å². The minimum Gasteiger partial charge on any atom is -0.481 e. The molecule has 0 saturated heterocycles. The van der Waals surface area contributed by atoms with Gasteiger partial charge >= 0.3 is 12.1 Å². The monoisotopic (exact) mass is 279 g/mol. The highest BCUT2D eigenvalue weighted by Gasteiger charge is 2.36. The quantitative estimate of drug-likeness (QED) is 0.828. The van der Waals surface area contributed by atoms with Gasteiger partial charge in [0.2, 0.25) is 10.1 Å². The van der Waals surface area contributed by atoms with Crippen molar-refractivity contribution in [3.63, 3.8) is 0 Å². The first-order valence-electron chi connectivity index (χ1n) is 4.94. The number of hydrogen-bond acceptors (Lipinski definition) is 5. The Balaban J connectivity index is 1.98. The van der Waals surface area contributed by atoms with E-state index in [4.69, 9.17) is 5.11 Å². The molecule has 1 heterocycles. The van der Waals surface area contributed by atoms with E-state index >= 15 is 0 Å². The molecule has 1 aromatic heterocycles. The van der Waals surface area contributed by atoms with Crippen molar-refractivity contribution in [2.45, 2.75) is 18.6 Å². The van der Waals surface area contributed by atoms with Gasteiger partial charge < -0.3 is 10.4 Å². The van der Waals surface area contributed by atoms with Crippen molar-refractivity contribution in [2.24, 2.45) is 5.92 Å². The van der Waals surface area contributed by atoms with Gasteiger partial charge in [0, 0.05) is 6.04 Å². The van der Waals surface area contributed by atoms with E-state index in [9.17, 15) is 18.0 Å². The maximum atomic E-state index is 12.3. The second-order valence-electron chi connectivity index (χ2n) is 3.73. The van der Waals surface area contributed by atoms with Crippen molar-refractivity contribution in [3.05, 3.63) is 17.2 Å². The van der Waals surface area contributed by atoms with Crippen molar-refractivity contribution < 1.29 is 23.1 Å². The Kier molecular flexibility index (Phi) is 3.24. The molecule has 0 bridgehead atoms. The molecule has 0 saturated carbocycles. The minimum atomic E-state index is -4.51. The van der Waals surface area contributed by atoms with Crippen LogP contribution in [0.2, 0.25) is 0 Å². The number of aromatic nitrogens is 2. The molecule has 1 aliphatic carbocycles. The molecule has 2 rings (SSSR count). The average molecular weight is 279 g/mol. The Morgan fingerprint density at radius 2 is 2.17 bits per heavy atom. The summed E-state index contributed by atoms with van der Waals surface area (Å²) in [5.74, 6) is -1.57. The first-order chi connectivity index (χ1) is 8.36. The maximum Gasteiger partial charge on any atom is 0.445 e. The predicted molar refractivity (Wildman–Crippen MR) is 57.2 cm³/mol. The van der Waals surface area contributed by atoms with E-state index in [-0.39, 0.29) is 17.6 Å². The normalized spacial score (nSPS) is 23.3. The molecule has 0 spiro atoms. The van der Waals surface area contributed by atoms with Crippen LogP contribution in [0.1, 0.15) is 11.4 Å². The number of alkyl halides is 3. The summed E-state index contributed by atoms with van der Waals surface area (Å²) < 4.78 is 36.8. The summed E-state index contributed by atoms with van der Waals surface area (Å²) in [6.07, 6.45) is -1.11. The molecule has 1 aromatic rings. The first kappa shape index (κ1) is 12.8. The second-order valence-corrected chi connectivity index (χ2v) is 4.70. The second kappa shape index (κ2) is 4.56. The Morgan fingerprint density at radius 1 is 1.44 bits per heavy atom. The number of carboxylic acid groups (broad SMARTS) is 1. The van der Waals surface area contributed by atoms with E-state index in [0.717, 1.165) is 0 Å². The summed E-state index contributed by atoms with van der Waals surface area (Å²) in [4.78, 5) is 10.7. The predicted octanol–water partition coefficient (Wildman–Crippen LogP) is 2.00. The SMILES string of the molecule is O=C(O)C1C=CC(Nc2nnc(C(F)(F)F)s2)C1. The van der Waals surface area contributed by atoms with Gasteiger partial charge in [-0.05, 0) is 6.42 Å². The van der Waals surface area contributed by atoms with Gasteiger partial charge in [0.25, 0.3) is 0 Å². The fourth-order valence-electron chi connectivity index (χ4n) is 1.54. The fraction of sp³-hybridized carbons (Fsp3) is 0.444. The third-order valence-corrected chi connectivity index (χ3v) is 3.28. The number of aliphatic carboxylic acids is 1. The third kappa shape index (κ3) is 2.78. The van der Waals surface area contributed by atoms with Crippen molar-refractivity contribution in [3.8, 4) is 0 Å². The summed E-state index contributed by atoms with van der Waals surface area (Å²) in [6, 6.07) is -0.333. The van der Waals surface area contributed by atoms with E-state index < -0.39 is 23.1 Å². The number of nitrogens with zero attached hydrogens (tertiary/aromatic N) is 2. The molecule has 0 amide bonds. The van der Waals surface area contributed by atoms with Crippen molar-refractivity contribution in [1.82, 2.24) is 10.2 Å². The lowest BCUT2D eigenvalue weighted by Gasteiger charge is -2.09. The third-order valence-electron chi connectivity index (χ3n) is 2.38. The van der Waals surface area contributed by atoms with Crippen LogP contribution in [0.4, 0.5) is 18.3 Å². The number of hydrogen-bond donors (Lipinski definition) is 2. The fourth-order valence-corrected chi connectivity index (χ4v) is 2.22. The zero-order valence-corrected chi connectivity index (χ0v) is 9.63. The van der Waals surface area contributed by atoms with E-state index in [1.165, 1.54) is 6.08 Å². The number of nitrogens with one attached hydrogen (secondary N) is 1. The molecule has 5 nitrogen and oxygen atoms in total. The van der Waals surface area contributed by atoms with Gasteiger partial charge in [-0.3, -0.25) is 4.79 Å². The summed E-state index contributed by atoms with van der Waals surface area (Å²) in [6.45, 7) is 0. The minimum absolute atomic E-state index is 0.0306. The van der Waals surface area contributed by atoms with Gasteiger partial charge in [0.05, 0.1) is 5.92 Å². The smallest absolute Gasteiger partial charge is 0.445 e. The van der Waals surface area contributed by atoms with Crippen molar-refractivity contribution >= 4 is 22.4 Å². The summed E-state index contributed by atoms with van der Waals surface area (Å²) in [7, 11) is 0. The molecule has 0 radical (unpaired) electrons. The zero-order chi connectivity index (χ0) is 13.3. The molecular formula is C9H8F3N3O2S. The van der Waals surface area contributed by atoms with Crippen LogP contribution < -0.4 is 5.32 Å². The van der Waals surface area contributed by atoms with Gasteiger partial charge in [-0.2, -0.15) is 13.2 Å². The maximum absolute atomic E-state index is 12.3. The molecule has 98 valence electrons. The van der Waals surface area contributed by atoms with Crippen LogP contribution in [0, 0.1) is 5.92 Å². The summed E-state index contributed by atoms with van der Waals surface area (Å²) >= 11 is 0.397. The number of rotatable bonds is 3. The number of carbonyl (C=O) groups is 1. The largest absolute Gasteiger partial charge is 0.481 e. The van der Waals surface area contributed by atoms with Crippen molar-refractivity contribution in [2.75, 3.05) is 5.32 Å². The molecule has 2 atom stereocenters. The lowest BCUT2D eigenvalue weighted by Crippen LogP contribution is -2.18. The average Bonchev–Trinajstić information content (AvgIpc) is 2.85. The van der Waals surface area contributed by atoms with Gasteiger partial charge in [-0.1, -0.05) is 23.5 Å². The highest BCUT2D eigenvalue weighted by atomic mass is 32.1. The molecular weight excluding hydrogens is 271 g/mol. The molecule has 18 heavy (non-hydrogen) atoms. The summed E-state index contributed by atoms with van der Waals surface area (Å²) in [5, 5.41) is 16.9. The molecule has 1 aliphatic rings. The molecule has 0 fully saturated rings. The van der Waals surface area contributed by atoms with Crippen LogP contribution >= 0.6 is 11.3 Å². The topological polar surface area (TPSA) is 75.1 Å². The van der Waals surface area contributed by atoms with Crippen LogP contribution in [-0.2, 0) is 11.0 Å². The lowest BCUT2D eigenvalue weighted by atomic mass is 10.1. The highest BCUT2D eigenvalue weighted by Crippen LogP contribution is 2.33. The molecule has 0 aromatic carbocycles. The lowest BCUT2D eigenvalue weighted by molar-refractivity contribution is -0.140. The zero-order valence-electron chi connectivity index (χ0n) is 8.81. The summed E-state index contributed by atoms with van der Waals surface area (Å²) in [5.41, 5.74) is 0. The van der Waals surface area contributed by atoms with Gasteiger partial charge in [-0.25, -0.2) is 0 Å². The van der Waals surface area contributed by atoms with Gasteiger partial charge in [0.1, 0.15) is 0 Å². The van der Waals surface area contributed by atoms with Crippen molar-refractivity contribution in [1.29, 1.82) is 0 Å². The Bertz CT molecular complexity index is 486. The van der Waals surface area contributed by atoms with Crippen LogP contribution in [0.15, 0.2) is 12.2 Å². The molecule has 0 aliphatic heterocycles. The molecule has 2 unspecified atom stereocenters. The van der Waals surface area contributed by atoms with E-state index in [1.807, 2.05) is 0 Å². The Morgan fingerprint density at radius 3 is 2.67 bits per heavy atom. The van der Waals surface area contributed by atoms with Crippen LogP contribution in [0.3, 0.4) is 0 Å². The highest BCUT2D eigenvalue weighted by molar-refractivity contribution is 7.15. The Labute approximate surface area is 103 Å². The van der Waals surface area contributed by atoms with E-state index in [1.54, 1.807) is 6.08 Å². The van der Waals surface area contributed by atoms with Crippen LogP contribution in [-0.4, -0.2) is 27.3 Å². The number of anilines is 1. The molecule has 9 heteroatoms. The standard InChI is InChI=1S/C9H8F3N3O2S/c10-9(11,12)7-14-15-8(18-7)13-5-2-1-4(3-5)6(16)17/h1-2,4-5H,3H2,(H,13,15)(H,16,17). The number of carboxylic acids is 1. The first-order valence-corrected chi connectivity index (χ1v) is 5.76. The van der Waals surface area contributed by atoms with E-state index in [2.05, 4.69) is 15.5 Å². The van der Waals surface area contributed by atoms with Gasteiger partial charge in [-0.15, -0.1) is 10.2 Å². The van der Waals surface area contributed by atoms with Crippen LogP contribution in [0.25, 0.3) is 0 Å². The van der Waals surface area contributed by atoms with E-state index in [0.29, 0.717) is 11.3 Å². The molecule has 2 N–H and O–H groups in total. The Hall–Kier alpha value is -1.64. The van der Waals surface area contributed by atoms with Crippen LogP contribution in [0.5, 0.6) is 0 Å².